The molecule has 0 unspecified atom stereocenters. The lowest BCUT2D eigenvalue weighted by Crippen LogP contribution is -2.16. The molecule has 82 valence electrons. The van der Waals surface area contributed by atoms with E-state index in [2.05, 4.69) is 21.2 Å². The number of aromatic nitrogens is 3. The third-order valence-corrected chi connectivity index (χ3v) is 2.01. The Labute approximate surface area is 92.0 Å². The first-order chi connectivity index (χ1) is 7.68. The topological polar surface area (TPSA) is 60.9 Å². The Hall–Kier alpha value is -2.17. The summed E-state index contributed by atoms with van der Waals surface area (Å²) in [5.41, 5.74) is 1.46. The highest BCUT2D eigenvalue weighted by atomic mass is 16.5. The van der Waals surface area contributed by atoms with Gasteiger partial charge in [-0.3, -0.25) is 14.1 Å². The first-order valence-electron chi connectivity index (χ1n) is 4.81. The molecule has 2 aromatic heterocycles. The molecule has 0 N–H and O–H groups in total. The van der Waals surface area contributed by atoms with Crippen LogP contribution in [0.25, 0.3) is 11.5 Å². The minimum absolute atomic E-state index is 0.383. The van der Waals surface area contributed by atoms with E-state index in [1.54, 1.807) is 18.3 Å². The van der Waals surface area contributed by atoms with Crippen molar-refractivity contribution in [3.63, 3.8) is 0 Å². The van der Waals surface area contributed by atoms with Crippen LogP contribution in [0.5, 0.6) is 0 Å². The highest BCUT2D eigenvalue weighted by Crippen LogP contribution is 2.12. The first-order valence-corrected chi connectivity index (χ1v) is 4.81. The third kappa shape index (κ3) is 1.93. The van der Waals surface area contributed by atoms with Crippen LogP contribution in [0.2, 0.25) is 0 Å². The molecule has 2 heterocycles. The smallest absolute Gasteiger partial charge is 0.295 e. The molecular formula is C11H11N3O2. The molecule has 0 fully saturated rings. The zero-order valence-electron chi connectivity index (χ0n) is 8.88. The number of pyridine rings is 1. The van der Waals surface area contributed by atoms with Crippen LogP contribution in [0.1, 0.15) is 6.92 Å². The minimum Gasteiger partial charge on any atom is -0.295 e. The van der Waals surface area contributed by atoms with E-state index >= 15 is 0 Å². The summed E-state index contributed by atoms with van der Waals surface area (Å²) in [5, 5.41) is 3.71. The van der Waals surface area contributed by atoms with Crippen molar-refractivity contribution in [1.29, 1.82) is 0 Å². The normalized spacial score (nSPS) is 10.3. The fourth-order valence-corrected chi connectivity index (χ4v) is 1.36. The van der Waals surface area contributed by atoms with Crippen LogP contribution in [0.15, 0.2) is 45.9 Å². The molecular weight excluding hydrogens is 206 g/mol. The molecule has 0 aliphatic rings. The lowest BCUT2D eigenvalue weighted by Gasteiger charge is -2.02. The van der Waals surface area contributed by atoms with Crippen molar-refractivity contribution in [2.24, 2.45) is 0 Å². The van der Waals surface area contributed by atoms with E-state index in [0.29, 0.717) is 18.1 Å². The van der Waals surface area contributed by atoms with Gasteiger partial charge < -0.3 is 0 Å². The van der Waals surface area contributed by atoms with Gasteiger partial charge in [-0.1, -0.05) is 23.4 Å². The lowest BCUT2D eigenvalue weighted by molar-refractivity contribution is 0.378. The summed E-state index contributed by atoms with van der Waals surface area (Å²) in [7, 11) is 0. The number of rotatable bonds is 3. The molecule has 2 aromatic rings. The predicted octanol–water partition coefficient (Wildman–Crippen LogP) is 1.47. The van der Waals surface area contributed by atoms with Gasteiger partial charge in [0.05, 0.1) is 6.54 Å². The summed E-state index contributed by atoms with van der Waals surface area (Å²) in [6, 6.07) is 5.39. The molecule has 0 spiro atoms. The minimum atomic E-state index is -0.497. The van der Waals surface area contributed by atoms with Crippen molar-refractivity contribution in [2.45, 2.75) is 13.5 Å². The molecule has 16 heavy (non-hydrogen) atoms. The quantitative estimate of drug-likeness (QED) is 0.730. The summed E-state index contributed by atoms with van der Waals surface area (Å²) in [5.74, 6) is -0.0720. The largest absolute Gasteiger partial charge is 0.442 e. The van der Waals surface area contributed by atoms with Gasteiger partial charge >= 0.3 is 5.76 Å². The lowest BCUT2D eigenvalue weighted by atomic mass is 10.3. The van der Waals surface area contributed by atoms with Gasteiger partial charge in [0.15, 0.2) is 0 Å². The van der Waals surface area contributed by atoms with Crippen LogP contribution >= 0.6 is 0 Å². The molecule has 5 nitrogen and oxygen atoms in total. The van der Waals surface area contributed by atoms with Gasteiger partial charge in [0, 0.05) is 6.20 Å². The van der Waals surface area contributed by atoms with Crippen molar-refractivity contribution in [1.82, 2.24) is 14.7 Å². The number of hydrogen-bond acceptors (Lipinski definition) is 4. The van der Waals surface area contributed by atoms with E-state index in [1.165, 1.54) is 4.57 Å². The maximum Gasteiger partial charge on any atom is 0.442 e. The number of allylic oxidation sites excluding steroid dienone is 1. The first kappa shape index (κ1) is 10.4. The van der Waals surface area contributed by atoms with Crippen molar-refractivity contribution >= 4 is 0 Å². The highest BCUT2D eigenvalue weighted by Gasteiger charge is 2.12. The Morgan fingerprint density at radius 3 is 3.00 bits per heavy atom. The van der Waals surface area contributed by atoms with Gasteiger partial charge in [-0.2, -0.15) is 0 Å². The summed E-state index contributed by atoms with van der Waals surface area (Å²) in [6.45, 7) is 5.97. The average Bonchev–Trinajstić information content (AvgIpc) is 2.61. The van der Waals surface area contributed by atoms with Gasteiger partial charge in [-0.05, 0) is 19.1 Å². The van der Waals surface area contributed by atoms with Gasteiger partial charge in [0.25, 0.3) is 0 Å². The second kappa shape index (κ2) is 4.14. The van der Waals surface area contributed by atoms with Gasteiger partial charge in [-0.25, -0.2) is 4.79 Å². The van der Waals surface area contributed by atoms with E-state index in [4.69, 9.17) is 0 Å². The van der Waals surface area contributed by atoms with E-state index in [1.807, 2.05) is 13.0 Å². The third-order valence-electron chi connectivity index (χ3n) is 2.01. The molecule has 0 bridgehead atoms. The Kier molecular flexibility index (Phi) is 2.68. The molecule has 0 saturated carbocycles. The summed E-state index contributed by atoms with van der Waals surface area (Å²) in [6.07, 6.45) is 1.64. The van der Waals surface area contributed by atoms with E-state index in [-0.39, 0.29) is 0 Å². The molecule has 0 aliphatic carbocycles. The SMILES string of the molecule is C=C(C)Cn1c(-c2ccccn2)noc1=O. The van der Waals surface area contributed by atoms with Gasteiger partial charge in [0.2, 0.25) is 5.82 Å². The summed E-state index contributed by atoms with van der Waals surface area (Å²) in [4.78, 5) is 15.5. The maximum absolute atomic E-state index is 11.4. The van der Waals surface area contributed by atoms with E-state index in [9.17, 15) is 4.79 Å². The molecule has 5 heteroatoms. The van der Waals surface area contributed by atoms with Crippen LogP contribution in [0.4, 0.5) is 0 Å². The standard InChI is InChI=1S/C11H11N3O2/c1-8(2)7-14-10(13-16-11(14)15)9-5-3-4-6-12-9/h3-6H,1,7H2,2H3. The van der Waals surface area contributed by atoms with Crippen LogP contribution in [-0.4, -0.2) is 14.7 Å². The predicted molar refractivity (Wildman–Crippen MR) is 58.8 cm³/mol. The van der Waals surface area contributed by atoms with Crippen molar-refractivity contribution in [3.05, 3.63) is 47.1 Å². The molecule has 0 amide bonds. The Morgan fingerprint density at radius 2 is 2.38 bits per heavy atom. The van der Waals surface area contributed by atoms with E-state index in [0.717, 1.165) is 5.57 Å². The monoisotopic (exact) mass is 217 g/mol. The summed E-state index contributed by atoms with van der Waals surface area (Å²) >= 11 is 0. The fraction of sp³-hybridized carbons (Fsp3) is 0.182. The second-order valence-electron chi connectivity index (χ2n) is 3.53. The van der Waals surface area contributed by atoms with Crippen molar-refractivity contribution in [2.75, 3.05) is 0 Å². The zero-order chi connectivity index (χ0) is 11.5. The molecule has 0 radical (unpaired) electrons. The van der Waals surface area contributed by atoms with Gasteiger partial charge in [-0.15, -0.1) is 0 Å². The molecule has 0 aromatic carbocycles. The van der Waals surface area contributed by atoms with Gasteiger partial charge in [0.1, 0.15) is 5.69 Å². The number of hydrogen-bond donors (Lipinski definition) is 0. The van der Waals surface area contributed by atoms with Crippen LogP contribution < -0.4 is 5.76 Å². The van der Waals surface area contributed by atoms with Crippen molar-refractivity contribution in [3.8, 4) is 11.5 Å². The molecule has 0 saturated heterocycles. The van der Waals surface area contributed by atoms with Crippen LogP contribution in [0.3, 0.4) is 0 Å². The Morgan fingerprint density at radius 1 is 1.56 bits per heavy atom. The number of nitrogens with zero attached hydrogens (tertiary/aromatic N) is 3. The van der Waals surface area contributed by atoms with Crippen LogP contribution in [0, 0.1) is 0 Å². The van der Waals surface area contributed by atoms with E-state index < -0.39 is 5.76 Å². The molecule has 2 rings (SSSR count). The van der Waals surface area contributed by atoms with Crippen molar-refractivity contribution < 1.29 is 4.52 Å². The maximum atomic E-state index is 11.4. The highest BCUT2D eigenvalue weighted by molar-refractivity contribution is 5.47. The second-order valence-corrected chi connectivity index (χ2v) is 3.53. The molecule has 0 atom stereocenters. The summed E-state index contributed by atoms with van der Waals surface area (Å²) < 4.78 is 6.03. The Bertz CT molecular complexity index is 554. The zero-order valence-corrected chi connectivity index (χ0v) is 8.88. The molecule has 0 aliphatic heterocycles. The Balaban J connectivity index is 2.50. The average molecular weight is 217 g/mol. The van der Waals surface area contributed by atoms with Crippen LogP contribution in [-0.2, 0) is 6.54 Å². The fourth-order valence-electron chi connectivity index (χ4n) is 1.36.